The van der Waals surface area contributed by atoms with Gasteiger partial charge in [-0.25, -0.2) is 9.59 Å². The van der Waals surface area contributed by atoms with Crippen molar-refractivity contribution < 1.29 is 53.8 Å². The van der Waals surface area contributed by atoms with Crippen molar-refractivity contribution in [2.24, 2.45) is 11.8 Å². The van der Waals surface area contributed by atoms with E-state index in [4.69, 9.17) is 24.4 Å². The Labute approximate surface area is 277 Å². The molecular weight excluding hydrogens is 608 g/mol. The van der Waals surface area contributed by atoms with E-state index in [0.29, 0.717) is 37.7 Å². The van der Waals surface area contributed by atoms with Crippen molar-refractivity contribution in [1.82, 2.24) is 0 Å². The lowest BCUT2D eigenvalue weighted by Gasteiger charge is -2.53. The van der Waals surface area contributed by atoms with Gasteiger partial charge in [0.05, 0.1) is 25.0 Å². The van der Waals surface area contributed by atoms with Gasteiger partial charge in [0.25, 0.3) is 0 Å². The molecule has 0 aromatic rings. The highest BCUT2D eigenvalue weighted by Crippen LogP contribution is 2.48. The van der Waals surface area contributed by atoms with E-state index in [9.17, 15) is 29.4 Å². The maximum atomic E-state index is 12.9. The molecule has 262 valence electrons. The van der Waals surface area contributed by atoms with Crippen molar-refractivity contribution in [3.05, 3.63) is 59.8 Å². The zero-order valence-corrected chi connectivity index (χ0v) is 28.2. The second kappa shape index (κ2) is 18.7. The molecule has 1 spiro atoms. The quantitative estimate of drug-likeness (QED) is 0.0802. The molecule has 2 aliphatic rings. The molecule has 0 radical (unpaired) electrons. The summed E-state index contributed by atoms with van der Waals surface area (Å²) in [6, 6.07) is 0. The number of hydrogen-bond acceptors (Lipinski definition) is 8. The SMILES string of the molecule is CCCCC1(OC(=O)CCC(=O)O)CCC2(CCC(C)C(C/C=C(C)/C=C/C(O)C(C)/C=C/C(=O)O)O2)OC1/C=C/C(C)=C/C(=O)O. The molecule has 0 amide bonds. The fourth-order valence-corrected chi connectivity index (χ4v) is 5.81. The van der Waals surface area contributed by atoms with E-state index in [-0.39, 0.29) is 30.8 Å². The molecule has 2 saturated heterocycles. The zero-order valence-electron chi connectivity index (χ0n) is 28.2. The van der Waals surface area contributed by atoms with E-state index in [1.54, 1.807) is 38.2 Å². The van der Waals surface area contributed by atoms with Crippen LogP contribution >= 0.6 is 0 Å². The van der Waals surface area contributed by atoms with Gasteiger partial charge in [0.15, 0.2) is 5.79 Å². The van der Waals surface area contributed by atoms with Crippen molar-refractivity contribution in [3.63, 3.8) is 0 Å². The van der Waals surface area contributed by atoms with Crippen molar-refractivity contribution in [2.75, 3.05) is 0 Å². The average molecular weight is 661 g/mol. The summed E-state index contributed by atoms with van der Waals surface area (Å²) in [5.41, 5.74) is 0.314. The van der Waals surface area contributed by atoms with Gasteiger partial charge in [-0.05, 0) is 57.4 Å². The minimum Gasteiger partial charge on any atom is -0.481 e. The Morgan fingerprint density at radius 1 is 0.936 bits per heavy atom. The smallest absolute Gasteiger partial charge is 0.328 e. The van der Waals surface area contributed by atoms with Gasteiger partial charge in [-0.2, -0.15) is 0 Å². The molecule has 0 aliphatic carbocycles. The summed E-state index contributed by atoms with van der Waals surface area (Å²) < 4.78 is 19.5. The molecule has 11 nitrogen and oxygen atoms in total. The van der Waals surface area contributed by atoms with Crippen LogP contribution in [0.15, 0.2) is 59.8 Å². The van der Waals surface area contributed by atoms with Gasteiger partial charge in [0, 0.05) is 30.9 Å². The molecule has 11 heteroatoms. The number of aliphatic hydroxyl groups excluding tert-OH is 1. The van der Waals surface area contributed by atoms with Gasteiger partial charge < -0.3 is 34.6 Å². The average Bonchev–Trinajstić information content (AvgIpc) is 3.01. The molecule has 4 N–H and O–H groups in total. The molecule has 0 aromatic heterocycles. The zero-order chi connectivity index (χ0) is 35.2. The summed E-state index contributed by atoms with van der Waals surface area (Å²) in [6.45, 7) is 9.44. The predicted octanol–water partition coefficient (Wildman–Crippen LogP) is 6.13. The summed E-state index contributed by atoms with van der Waals surface area (Å²) in [4.78, 5) is 46.0. The van der Waals surface area contributed by atoms with Crippen LogP contribution in [0.3, 0.4) is 0 Å². The molecule has 7 atom stereocenters. The van der Waals surface area contributed by atoms with Gasteiger partial charge in [0.2, 0.25) is 0 Å². The third-order valence-electron chi connectivity index (χ3n) is 8.78. The maximum absolute atomic E-state index is 12.9. The molecule has 2 fully saturated rings. The van der Waals surface area contributed by atoms with E-state index < -0.39 is 47.5 Å². The van der Waals surface area contributed by atoms with Gasteiger partial charge >= 0.3 is 23.9 Å². The van der Waals surface area contributed by atoms with Crippen LogP contribution in [0.2, 0.25) is 0 Å². The summed E-state index contributed by atoms with van der Waals surface area (Å²) >= 11 is 0. The Balaban J connectivity index is 2.31. The van der Waals surface area contributed by atoms with Crippen LogP contribution in [-0.2, 0) is 33.4 Å². The molecule has 2 rings (SSSR count). The first-order valence-electron chi connectivity index (χ1n) is 16.4. The molecule has 2 heterocycles. The van der Waals surface area contributed by atoms with Gasteiger partial charge in [-0.3, -0.25) is 9.59 Å². The number of carboxylic acids is 3. The van der Waals surface area contributed by atoms with Crippen LogP contribution in [0.5, 0.6) is 0 Å². The number of carbonyl (C=O) groups is 4. The Morgan fingerprint density at radius 3 is 2.30 bits per heavy atom. The van der Waals surface area contributed by atoms with E-state index in [0.717, 1.165) is 37.0 Å². The van der Waals surface area contributed by atoms with Crippen molar-refractivity contribution in [2.45, 2.75) is 129 Å². The number of aliphatic hydroxyl groups is 1. The van der Waals surface area contributed by atoms with Crippen LogP contribution in [0.1, 0.15) is 98.8 Å². The Kier molecular flexibility index (Phi) is 15.8. The molecule has 2 aliphatic heterocycles. The van der Waals surface area contributed by atoms with Crippen LogP contribution in [0.4, 0.5) is 0 Å². The number of unbranched alkanes of at least 4 members (excludes halogenated alkanes) is 1. The first kappa shape index (κ1) is 39.6. The first-order chi connectivity index (χ1) is 22.1. The molecular formula is C36H52O11. The number of esters is 1. The molecule has 0 bridgehead atoms. The summed E-state index contributed by atoms with van der Waals surface area (Å²) in [5, 5.41) is 37.5. The standard InChI is InChI=1S/C36H52O11/c1-6-7-19-35(47-34(44)17-16-32(40)41)21-22-36(46-30(35)14-10-25(3)23-33(42)43)20-18-27(5)29(45-36)13-9-24(2)8-12-28(37)26(4)11-15-31(38)39/h8-12,14-15,23,26-30,37H,6-7,13,16-22H2,1-5H3,(H,38,39)(H,40,41)(H,42,43)/b12-8+,14-10+,15-11+,24-9+,25-23+. The van der Waals surface area contributed by atoms with Crippen molar-refractivity contribution in [3.8, 4) is 0 Å². The number of hydrogen-bond donors (Lipinski definition) is 4. The monoisotopic (exact) mass is 660 g/mol. The van der Waals surface area contributed by atoms with Gasteiger partial charge in [-0.15, -0.1) is 0 Å². The van der Waals surface area contributed by atoms with Crippen LogP contribution < -0.4 is 0 Å². The normalized spacial score (nSPS) is 28.6. The lowest BCUT2D eigenvalue weighted by molar-refractivity contribution is -0.344. The van der Waals surface area contributed by atoms with Gasteiger partial charge in [-0.1, -0.05) is 69.2 Å². The minimum absolute atomic E-state index is 0.186. The number of ether oxygens (including phenoxy) is 3. The highest BCUT2D eigenvalue weighted by molar-refractivity contribution is 5.81. The maximum Gasteiger partial charge on any atom is 0.328 e. The minimum atomic E-state index is -1.09. The third-order valence-corrected chi connectivity index (χ3v) is 8.78. The number of allylic oxidation sites excluding steroid dienone is 4. The molecule has 0 saturated carbocycles. The predicted molar refractivity (Wildman–Crippen MR) is 175 cm³/mol. The second-order valence-corrected chi connectivity index (χ2v) is 12.8. The van der Waals surface area contributed by atoms with Crippen molar-refractivity contribution in [1.29, 1.82) is 0 Å². The molecule has 7 unspecified atom stereocenters. The fourth-order valence-electron chi connectivity index (χ4n) is 5.81. The van der Waals surface area contributed by atoms with Crippen LogP contribution in [0.25, 0.3) is 0 Å². The summed E-state index contributed by atoms with van der Waals surface area (Å²) in [6.07, 6.45) is 14.9. The van der Waals surface area contributed by atoms with Gasteiger partial charge in [0.1, 0.15) is 11.7 Å². The number of aliphatic carboxylic acids is 3. The summed E-state index contributed by atoms with van der Waals surface area (Å²) in [7, 11) is 0. The van der Waals surface area contributed by atoms with Crippen LogP contribution in [-0.4, -0.2) is 74.0 Å². The first-order valence-corrected chi connectivity index (χ1v) is 16.4. The summed E-state index contributed by atoms with van der Waals surface area (Å²) in [5.74, 6) is -4.98. The largest absolute Gasteiger partial charge is 0.481 e. The van der Waals surface area contributed by atoms with E-state index >= 15 is 0 Å². The Morgan fingerprint density at radius 2 is 1.66 bits per heavy atom. The Hall–Kier alpha value is -3.54. The second-order valence-electron chi connectivity index (χ2n) is 12.8. The lowest BCUT2D eigenvalue weighted by atomic mass is 9.78. The van der Waals surface area contributed by atoms with E-state index in [1.165, 1.54) is 6.08 Å². The fraction of sp³-hybridized carbons (Fsp3) is 0.611. The van der Waals surface area contributed by atoms with Crippen LogP contribution in [0, 0.1) is 11.8 Å². The topological polar surface area (TPSA) is 177 Å². The number of carbonyl (C=O) groups excluding carboxylic acids is 1. The number of rotatable bonds is 17. The lowest BCUT2D eigenvalue weighted by Crippen LogP contribution is -2.59. The molecule has 0 aromatic carbocycles. The van der Waals surface area contributed by atoms with Crippen molar-refractivity contribution >= 4 is 23.9 Å². The van der Waals surface area contributed by atoms with E-state index in [1.807, 2.05) is 19.9 Å². The number of carboxylic acid groups (broad SMARTS) is 3. The third kappa shape index (κ3) is 13.2. The highest BCUT2D eigenvalue weighted by Gasteiger charge is 2.54. The molecule has 47 heavy (non-hydrogen) atoms. The highest BCUT2D eigenvalue weighted by atomic mass is 16.7. The van der Waals surface area contributed by atoms with E-state index in [2.05, 4.69) is 6.92 Å². The Bertz CT molecular complexity index is 1250.